The molecule has 0 radical (unpaired) electrons. The molecule has 0 saturated carbocycles. The number of fused-ring (bicyclic) bond motifs is 1. The minimum Gasteiger partial charge on any atom is -0.376 e. The summed E-state index contributed by atoms with van der Waals surface area (Å²) in [6, 6.07) is 6.32. The van der Waals surface area contributed by atoms with Crippen LogP contribution in [-0.4, -0.2) is 35.6 Å². The number of aryl methyl sites for hydroxylation is 1. The predicted octanol–water partition coefficient (Wildman–Crippen LogP) is 2.71. The molecule has 3 rings (SSSR count). The van der Waals surface area contributed by atoms with Crippen molar-refractivity contribution in [1.82, 2.24) is 15.7 Å². The summed E-state index contributed by atoms with van der Waals surface area (Å²) in [7, 11) is 0. The third-order valence-electron chi connectivity index (χ3n) is 4.10. The first-order valence-electron chi connectivity index (χ1n) is 8.05. The Labute approximate surface area is 141 Å². The van der Waals surface area contributed by atoms with Gasteiger partial charge in [-0.15, -0.1) is 0 Å². The number of aromatic nitrogens is 1. The van der Waals surface area contributed by atoms with Crippen LogP contribution in [0.4, 0.5) is 0 Å². The van der Waals surface area contributed by atoms with Crippen molar-refractivity contribution < 1.29 is 4.74 Å². The van der Waals surface area contributed by atoms with Gasteiger partial charge >= 0.3 is 0 Å². The monoisotopic (exact) mass is 330 g/mol. The first kappa shape index (κ1) is 16.0. The van der Waals surface area contributed by atoms with Gasteiger partial charge in [0.2, 0.25) is 0 Å². The van der Waals surface area contributed by atoms with Crippen molar-refractivity contribution in [1.29, 1.82) is 0 Å². The van der Waals surface area contributed by atoms with E-state index in [0.29, 0.717) is 5.11 Å². The lowest BCUT2D eigenvalue weighted by Gasteiger charge is -2.11. The minimum atomic E-state index is 0.264. The maximum atomic E-state index is 5.54. The van der Waals surface area contributed by atoms with Crippen molar-refractivity contribution in [3.63, 3.8) is 0 Å². The lowest BCUT2D eigenvalue weighted by molar-refractivity contribution is 0.114. The van der Waals surface area contributed by atoms with Gasteiger partial charge in [0.05, 0.1) is 12.3 Å². The van der Waals surface area contributed by atoms with Crippen molar-refractivity contribution in [3.05, 3.63) is 35.5 Å². The smallest absolute Gasteiger partial charge is 0.187 e. The summed E-state index contributed by atoms with van der Waals surface area (Å²) < 4.78 is 5.54. The highest BCUT2D eigenvalue weighted by molar-refractivity contribution is 7.80. The van der Waals surface area contributed by atoms with Crippen LogP contribution in [0.2, 0.25) is 0 Å². The van der Waals surface area contributed by atoms with Crippen molar-refractivity contribution in [2.45, 2.75) is 32.3 Å². The first-order chi connectivity index (χ1) is 11.3. The van der Waals surface area contributed by atoms with Gasteiger partial charge in [0.1, 0.15) is 0 Å². The zero-order valence-electron chi connectivity index (χ0n) is 13.3. The molecule has 1 unspecified atom stereocenters. The number of rotatable bonds is 5. The van der Waals surface area contributed by atoms with E-state index in [9.17, 15) is 0 Å². The fraction of sp³-hybridized carbons (Fsp3) is 0.412. The summed E-state index contributed by atoms with van der Waals surface area (Å²) in [5.41, 5.74) is 6.39. The van der Waals surface area contributed by atoms with E-state index in [-0.39, 0.29) is 6.10 Å². The van der Waals surface area contributed by atoms with Gasteiger partial charge in [-0.05, 0) is 37.0 Å². The van der Waals surface area contributed by atoms with Crippen LogP contribution in [0.1, 0.15) is 30.9 Å². The molecule has 1 atom stereocenters. The molecule has 122 valence electrons. The van der Waals surface area contributed by atoms with Crippen LogP contribution >= 0.6 is 12.2 Å². The number of hydrazone groups is 1. The number of hydrogen-bond acceptors (Lipinski definition) is 3. The lowest BCUT2D eigenvalue weighted by atomic mass is 10.1. The molecule has 5 nitrogen and oxygen atoms in total. The lowest BCUT2D eigenvalue weighted by Crippen LogP contribution is -2.37. The van der Waals surface area contributed by atoms with E-state index in [1.54, 1.807) is 6.21 Å². The molecule has 1 aromatic heterocycles. The maximum Gasteiger partial charge on any atom is 0.187 e. The average Bonchev–Trinajstić information content (AvgIpc) is 3.22. The molecule has 1 fully saturated rings. The van der Waals surface area contributed by atoms with Crippen molar-refractivity contribution in [3.8, 4) is 0 Å². The highest BCUT2D eigenvalue weighted by Gasteiger charge is 2.15. The summed E-state index contributed by atoms with van der Waals surface area (Å²) in [6.45, 7) is 3.74. The Balaban J connectivity index is 1.56. The van der Waals surface area contributed by atoms with E-state index in [1.165, 1.54) is 16.5 Å². The largest absolute Gasteiger partial charge is 0.376 e. The second kappa shape index (κ2) is 7.57. The molecular weight excluding hydrogens is 308 g/mol. The van der Waals surface area contributed by atoms with E-state index >= 15 is 0 Å². The number of aromatic amines is 1. The maximum absolute atomic E-state index is 5.54. The second-order valence-electron chi connectivity index (χ2n) is 5.65. The summed E-state index contributed by atoms with van der Waals surface area (Å²) in [5, 5.41) is 9.05. The van der Waals surface area contributed by atoms with Crippen LogP contribution in [0.25, 0.3) is 10.9 Å². The van der Waals surface area contributed by atoms with Crippen molar-refractivity contribution in [2.24, 2.45) is 5.10 Å². The third kappa shape index (κ3) is 3.89. The van der Waals surface area contributed by atoms with E-state index in [1.807, 2.05) is 6.20 Å². The Morgan fingerprint density at radius 2 is 2.43 bits per heavy atom. The van der Waals surface area contributed by atoms with Crippen LogP contribution in [0.3, 0.4) is 0 Å². The molecule has 1 saturated heterocycles. The molecule has 1 aromatic carbocycles. The fourth-order valence-electron chi connectivity index (χ4n) is 2.85. The zero-order chi connectivity index (χ0) is 16.1. The normalized spacial score (nSPS) is 17.9. The molecule has 0 aliphatic carbocycles. The topological polar surface area (TPSA) is 61.4 Å². The molecule has 1 aliphatic heterocycles. The second-order valence-corrected chi connectivity index (χ2v) is 6.06. The summed E-state index contributed by atoms with van der Waals surface area (Å²) >= 11 is 5.22. The van der Waals surface area contributed by atoms with Crippen LogP contribution < -0.4 is 10.7 Å². The Bertz CT molecular complexity index is 704. The number of nitrogens with zero attached hydrogens (tertiary/aromatic N) is 1. The van der Waals surface area contributed by atoms with Gasteiger partial charge in [-0.25, -0.2) is 0 Å². The summed E-state index contributed by atoms with van der Waals surface area (Å²) in [6.07, 6.45) is 7.25. The first-order valence-corrected chi connectivity index (χ1v) is 8.46. The number of thiocarbonyl (C=S) groups is 1. The summed E-state index contributed by atoms with van der Waals surface area (Å²) in [4.78, 5) is 3.32. The molecule has 3 N–H and O–H groups in total. The van der Waals surface area contributed by atoms with Crippen LogP contribution in [-0.2, 0) is 11.2 Å². The highest BCUT2D eigenvalue weighted by atomic mass is 32.1. The third-order valence-corrected chi connectivity index (χ3v) is 4.33. The van der Waals surface area contributed by atoms with Gasteiger partial charge in [0, 0.05) is 35.8 Å². The minimum absolute atomic E-state index is 0.264. The van der Waals surface area contributed by atoms with Gasteiger partial charge in [-0.2, -0.15) is 5.10 Å². The standard InChI is InChI=1S/C17H22N4OS/c1-2-12-5-3-7-15-13(9-18-16(12)15)10-20-21-17(23)19-11-14-6-4-8-22-14/h3,5,7,9-10,14,18H,2,4,6,8,11H2,1H3,(H2,19,21,23). The molecule has 0 spiro atoms. The summed E-state index contributed by atoms with van der Waals surface area (Å²) in [5.74, 6) is 0. The van der Waals surface area contributed by atoms with Crippen LogP contribution in [0, 0.1) is 0 Å². The molecule has 0 amide bonds. The highest BCUT2D eigenvalue weighted by Crippen LogP contribution is 2.20. The number of ether oxygens (including phenoxy) is 1. The Morgan fingerprint density at radius 1 is 1.52 bits per heavy atom. The molecule has 6 heteroatoms. The molecular formula is C17H22N4OS. The zero-order valence-corrected chi connectivity index (χ0v) is 14.1. The average molecular weight is 330 g/mol. The predicted molar refractivity (Wildman–Crippen MR) is 98.0 cm³/mol. The van der Waals surface area contributed by atoms with E-state index < -0.39 is 0 Å². The molecule has 0 bridgehead atoms. The van der Waals surface area contributed by atoms with Gasteiger partial charge in [-0.1, -0.05) is 25.1 Å². The van der Waals surface area contributed by atoms with Gasteiger partial charge < -0.3 is 15.0 Å². The number of hydrogen-bond donors (Lipinski definition) is 3. The van der Waals surface area contributed by atoms with Gasteiger partial charge in [-0.3, -0.25) is 5.43 Å². The molecule has 23 heavy (non-hydrogen) atoms. The number of benzene rings is 1. The Morgan fingerprint density at radius 3 is 3.22 bits per heavy atom. The van der Waals surface area contributed by atoms with Gasteiger partial charge in [0.25, 0.3) is 0 Å². The van der Waals surface area contributed by atoms with E-state index in [2.05, 4.69) is 46.0 Å². The van der Waals surface area contributed by atoms with Crippen molar-refractivity contribution >= 4 is 34.4 Å². The van der Waals surface area contributed by atoms with Crippen LogP contribution in [0.15, 0.2) is 29.5 Å². The molecule has 2 heterocycles. The Kier molecular flexibility index (Phi) is 5.25. The van der Waals surface area contributed by atoms with E-state index in [4.69, 9.17) is 17.0 Å². The Hall–Kier alpha value is -1.92. The van der Waals surface area contributed by atoms with E-state index in [0.717, 1.165) is 38.0 Å². The van der Waals surface area contributed by atoms with Crippen molar-refractivity contribution in [2.75, 3.05) is 13.2 Å². The molecule has 2 aromatic rings. The fourth-order valence-corrected chi connectivity index (χ4v) is 2.99. The number of para-hydroxylation sites is 1. The number of H-pyrrole nitrogens is 1. The molecule has 1 aliphatic rings. The SMILES string of the molecule is CCc1cccc2c(C=NNC(=S)NCC3CCCO3)c[nH]c12. The quantitative estimate of drug-likeness (QED) is 0.448. The van der Waals surface area contributed by atoms with Gasteiger partial charge in [0.15, 0.2) is 5.11 Å². The number of nitrogens with one attached hydrogen (secondary N) is 3. The van der Waals surface area contributed by atoms with Crippen LogP contribution in [0.5, 0.6) is 0 Å².